The fourth-order valence-electron chi connectivity index (χ4n) is 8.00. The van der Waals surface area contributed by atoms with Crippen LogP contribution in [0.25, 0.3) is 45.8 Å². The second-order valence-electron chi connectivity index (χ2n) is 15.4. The minimum absolute atomic E-state index is 0.399. The molecule has 4 heteroatoms. The second-order valence-corrected chi connectivity index (χ2v) is 15.4. The van der Waals surface area contributed by atoms with Gasteiger partial charge in [-0.15, -0.1) is 0 Å². The van der Waals surface area contributed by atoms with E-state index in [1.54, 1.807) is 0 Å². The van der Waals surface area contributed by atoms with Crippen molar-refractivity contribution < 1.29 is 0 Å². The van der Waals surface area contributed by atoms with E-state index in [4.69, 9.17) is 0 Å². The maximum absolute atomic E-state index is 10.3. The van der Waals surface area contributed by atoms with Gasteiger partial charge in [-0.3, -0.25) is 0 Å². The van der Waals surface area contributed by atoms with Gasteiger partial charge in [-0.2, -0.15) is 10.5 Å². The molecular formula is C58H42N4. The van der Waals surface area contributed by atoms with Crippen molar-refractivity contribution in [3.8, 4) is 12.1 Å². The van der Waals surface area contributed by atoms with Gasteiger partial charge in [0.1, 0.15) is 12.1 Å². The summed E-state index contributed by atoms with van der Waals surface area (Å²) in [6, 6.07) is 72.0. The van der Waals surface area contributed by atoms with E-state index in [-0.39, 0.29) is 0 Å². The molecule has 0 amide bonds. The number of nitrogens with zero attached hydrogens (tertiary/aromatic N) is 4. The first-order valence-electron chi connectivity index (χ1n) is 20.7. The van der Waals surface area contributed by atoms with Gasteiger partial charge in [0.2, 0.25) is 0 Å². The van der Waals surface area contributed by atoms with Crippen LogP contribution in [-0.2, 0) is 0 Å². The molecule has 4 nitrogen and oxygen atoms in total. The minimum atomic E-state index is 0.399. The van der Waals surface area contributed by atoms with Crippen LogP contribution in [0, 0.1) is 36.5 Å². The number of hydrogen-bond acceptors (Lipinski definition) is 4. The van der Waals surface area contributed by atoms with Crippen molar-refractivity contribution in [2.24, 2.45) is 0 Å². The molecule has 9 rings (SSSR count). The Morgan fingerprint density at radius 3 is 0.952 bits per heavy atom. The van der Waals surface area contributed by atoms with E-state index in [9.17, 15) is 10.5 Å². The van der Waals surface area contributed by atoms with E-state index in [0.29, 0.717) is 11.1 Å². The first kappa shape index (κ1) is 39.0. The van der Waals surface area contributed by atoms with Crippen LogP contribution in [0.2, 0.25) is 0 Å². The second kappa shape index (κ2) is 17.4. The van der Waals surface area contributed by atoms with Gasteiger partial charge in [-0.05, 0) is 132 Å². The highest BCUT2D eigenvalue weighted by atomic mass is 15.1. The standard InChI is InChI=1S/C58H42N4/c1-41-13-27-49(28-14-41)61(47-9-5-3-6-10-47)51-31-21-43(22-32-51)17-19-45-25-35-53-55(37-45)56-38-46(26-36-54(56)58(40-60)57(53)39-59)20-18-44-23-33-52(34-24-44)62(48-11-7-4-8-12-48)50-29-15-42(2)16-30-50/h3-38H,1-2H3/b19-17-,20-18+. The van der Waals surface area contributed by atoms with Crippen molar-refractivity contribution >= 4 is 80.0 Å². The Balaban J connectivity index is 1.01. The molecule has 0 fully saturated rings. The molecule has 0 spiro atoms. The summed E-state index contributed by atoms with van der Waals surface area (Å²) >= 11 is 0. The van der Waals surface area contributed by atoms with E-state index in [1.165, 1.54) is 11.1 Å². The van der Waals surface area contributed by atoms with Crippen molar-refractivity contribution in [3.63, 3.8) is 0 Å². The van der Waals surface area contributed by atoms with Crippen LogP contribution in [0.3, 0.4) is 0 Å². The summed E-state index contributed by atoms with van der Waals surface area (Å²) in [6.07, 6.45) is 8.43. The third kappa shape index (κ3) is 8.10. The number of hydrogen-bond donors (Lipinski definition) is 0. The van der Waals surface area contributed by atoms with E-state index >= 15 is 0 Å². The molecule has 294 valence electrons. The van der Waals surface area contributed by atoms with Crippen LogP contribution in [-0.4, -0.2) is 0 Å². The molecule has 0 aliphatic carbocycles. The molecule has 0 atom stereocenters. The largest absolute Gasteiger partial charge is 0.311 e. The lowest BCUT2D eigenvalue weighted by atomic mass is 9.90. The molecule has 0 radical (unpaired) electrons. The van der Waals surface area contributed by atoms with Gasteiger partial charge in [-0.1, -0.05) is 145 Å². The smallest absolute Gasteiger partial charge is 0.101 e. The minimum Gasteiger partial charge on any atom is -0.311 e. The van der Waals surface area contributed by atoms with E-state index < -0.39 is 0 Å². The van der Waals surface area contributed by atoms with Crippen LogP contribution in [0.1, 0.15) is 44.5 Å². The molecule has 0 saturated carbocycles. The van der Waals surface area contributed by atoms with Gasteiger partial charge >= 0.3 is 0 Å². The quantitative estimate of drug-likeness (QED) is 0.102. The summed E-state index contributed by atoms with van der Waals surface area (Å²) in [6.45, 7) is 4.21. The lowest BCUT2D eigenvalue weighted by Gasteiger charge is -2.25. The third-order valence-corrected chi connectivity index (χ3v) is 11.2. The Labute approximate surface area is 363 Å². The summed E-state index contributed by atoms with van der Waals surface area (Å²) in [5.41, 5.74) is 13.9. The summed E-state index contributed by atoms with van der Waals surface area (Å²) in [5.74, 6) is 0. The number of aryl methyl sites for hydroxylation is 2. The SMILES string of the molecule is Cc1ccc(N(c2ccccc2)c2ccc(/C=C\c3ccc4c(C#N)c(C#N)c5ccc(/C=C/c6ccc(N(c7ccccc7)c7ccc(C)cc7)cc6)cc5c4c3)cc2)cc1. The Morgan fingerprint density at radius 1 is 0.323 bits per heavy atom. The molecule has 9 aromatic rings. The van der Waals surface area contributed by atoms with Crippen molar-refractivity contribution in [2.75, 3.05) is 9.80 Å². The fourth-order valence-corrected chi connectivity index (χ4v) is 8.00. The van der Waals surface area contributed by atoms with Crippen LogP contribution in [0.4, 0.5) is 34.1 Å². The Morgan fingerprint density at radius 2 is 0.613 bits per heavy atom. The molecule has 0 aromatic heterocycles. The number of anilines is 6. The maximum Gasteiger partial charge on any atom is 0.101 e. The van der Waals surface area contributed by atoms with E-state index in [0.717, 1.165) is 77.9 Å². The summed E-state index contributed by atoms with van der Waals surface area (Å²) in [5, 5.41) is 23.9. The number of fused-ring (bicyclic) bond motifs is 3. The zero-order chi connectivity index (χ0) is 42.4. The predicted octanol–water partition coefficient (Wildman–Crippen LogP) is 15.6. The zero-order valence-corrected chi connectivity index (χ0v) is 34.6. The number of rotatable bonds is 10. The van der Waals surface area contributed by atoms with Gasteiger partial charge in [0, 0.05) is 44.9 Å². The van der Waals surface area contributed by atoms with Gasteiger partial charge in [-0.25, -0.2) is 0 Å². The molecule has 0 aliphatic rings. The van der Waals surface area contributed by atoms with Crippen LogP contribution in [0.15, 0.2) is 194 Å². The van der Waals surface area contributed by atoms with Gasteiger partial charge < -0.3 is 9.80 Å². The first-order valence-corrected chi connectivity index (χ1v) is 20.7. The Bertz CT molecular complexity index is 2950. The lowest BCUT2D eigenvalue weighted by Crippen LogP contribution is -2.09. The number of benzene rings is 9. The van der Waals surface area contributed by atoms with Gasteiger partial charge in [0.05, 0.1) is 11.1 Å². The predicted molar refractivity (Wildman–Crippen MR) is 260 cm³/mol. The average molecular weight is 795 g/mol. The van der Waals surface area contributed by atoms with E-state index in [1.807, 2.05) is 36.4 Å². The third-order valence-electron chi connectivity index (χ3n) is 11.2. The van der Waals surface area contributed by atoms with Crippen molar-refractivity contribution in [2.45, 2.75) is 13.8 Å². The number of nitriles is 2. The molecule has 0 N–H and O–H groups in total. The first-order chi connectivity index (χ1) is 30.4. The topological polar surface area (TPSA) is 54.1 Å². The molecule has 62 heavy (non-hydrogen) atoms. The van der Waals surface area contributed by atoms with Crippen LogP contribution >= 0.6 is 0 Å². The van der Waals surface area contributed by atoms with Gasteiger partial charge in [0.25, 0.3) is 0 Å². The molecular weight excluding hydrogens is 753 g/mol. The highest BCUT2D eigenvalue weighted by Crippen LogP contribution is 2.38. The molecule has 0 aliphatic heterocycles. The molecule has 0 unspecified atom stereocenters. The average Bonchev–Trinajstić information content (AvgIpc) is 3.32. The Hall–Kier alpha value is -8.44. The molecule has 0 saturated heterocycles. The summed E-state index contributed by atoms with van der Waals surface area (Å²) < 4.78 is 0. The van der Waals surface area contributed by atoms with Gasteiger partial charge in [0.15, 0.2) is 0 Å². The Kier molecular flexibility index (Phi) is 11.0. The lowest BCUT2D eigenvalue weighted by molar-refractivity contribution is 1.27. The van der Waals surface area contributed by atoms with Crippen molar-refractivity contribution in [3.05, 3.63) is 239 Å². The number of para-hydroxylation sites is 2. The highest BCUT2D eigenvalue weighted by Gasteiger charge is 2.16. The summed E-state index contributed by atoms with van der Waals surface area (Å²) in [7, 11) is 0. The highest BCUT2D eigenvalue weighted by molar-refractivity contribution is 6.14. The fraction of sp³-hybridized carbons (Fsp3) is 0.0345. The maximum atomic E-state index is 10.3. The van der Waals surface area contributed by atoms with Crippen molar-refractivity contribution in [1.82, 2.24) is 0 Å². The molecule has 0 heterocycles. The van der Waals surface area contributed by atoms with Crippen molar-refractivity contribution in [1.29, 1.82) is 10.5 Å². The zero-order valence-electron chi connectivity index (χ0n) is 34.6. The molecule has 0 bridgehead atoms. The monoisotopic (exact) mass is 794 g/mol. The van der Waals surface area contributed by atoms with Crippen LogP contribution < -0.4 is 9.80 Å². The van der Waals surface area contributed by atoms with E-state index in [2.05, 4.69) is 218 Å². The normalized spacial score (nSPS) is 11.2. The summed E-state index contributed by atoms with van der Waals surface area (Å²) in [4.78, 5) is 4.52. The molecule has 9 aromatic carbocycles. The van der Waals surface area contributed by atoms with Crippen LogP contribution in [0.5, 0.6) is 0 Å².